The zero-order valence-corrected chi connectivity index (χ0v) is 14.3. The SMILES string of the molecule is CN(C)Cc1c(C(=O)NC2COc3ccccc32)oc2ccccc12. The molecule has 0 radical (unpaired) electrons. The molecule has 2 heterocycles. The Labute approximate surface area is 146 Å². The largest absolute Gasteiger partial charge is 0.491 e. The number of carbonyl (C=O) groups excluding carboxylic acids is 1. The zero-order valence-electron chi connectivity index (χ0n) is 14.3. The number of para-hydroxylation sites is 2. The lowest BCUT2D eigenvalue weighted by atomic mass is 10.1. The maximum atomic E-state index is 12.9. The van der Waals surface area contributed by atoms with Gasteiger partial charge in [-0.2, -0.15) is 0 Å². The van der Waals surface area contributed by atoms with E-state index in [0.717, 1.165) is 27.8 Å². The van der Waals surface area contributed by atoms with E-state index in [9.17, 15) is 4.79 Å². The van der Waals surface area contributed by atoms with Gasteiger partial charge < -0.3 is 19.4 Å². The Morgan fingerprint density at radius 3 is 2.76 bits per heavy atom. The van der Waals surface area contributed by atoms with Crippen molar-refractivity contribution in [3.8, 4) is 5.75 Å². The standard InChI is InChI=1S/C20H20N2O3/c1-22(2)11-15-13-7-3-6-10-18(13)25-19(15)20(23)21-16-12-24-17-9-5-4-8-14(16)17/h3-10,16H,11-12H2,1-2H3,(H,21,23). The van der Waals surface area contributed by atoms with Crippen molar-refractivity contribution in [3.05, 3.63) is 65.4 Å². The van der Waals surface area contributed by atoms with E-state index in [2.05, 4.69) is 5.32 Å². The summed E-state index contributed by atoms with van der Waals surface area (Å²) in [4.78, 5) is 14.9. The molecule has 0 saturated carbocycles. The molecule has 0 spiro atoms. The van der Waals surface area contributed by atoms with Crippen molar-refractivity contribution in [1.29, 1.82) is 0 Å². The van der Waals surface area contributed by atoms with Gasteiger partial charge in [0.2, 0.25) is 0 Å². The molecule has 1 aliphatic heterocycles. The Kier molecular flexibility index (Phi) is 3.93. The summed E-state index contributed by atoms with van der Waals surface area (Å²) in [6, 6.07) is 15.4. The van der Waals surface area contributed by atoms with Gasteiger partial charge in [0.15, 0.2) is 5.76 Å². The molecule has 0 fully saturated rings. The second-order valence-electron chi connectivity index (χ2n) is 6.52. The molecule has 0 bridgehead atoms. The summed E-state index contributed by atoms with van der Waals surface area (Å²) in [5.74, 6) is 0.989. The van der Waals surface area contributed by atoms with Gasteiger partial charge in [0.25, 0.3) is 5.91 Å². The number of nitrogens with one attached hydrogen (secondary N) is 1. The van der Waals surface area contributed by atoms with Crippen molar-refractivity contribution >= 4 is 16.9 Å². The lowest BCUT2D eigenvalue weighted by molar-refractivity contribution is 0.0902. The molecular formula is C20H20N2O3. The summed E-state index contributed by atoms with van der Waals surface area (Å²) in [7, 11) is 3.95. The number of hydrogen-bond donors (Lipinski definition) is 1. The van der Waals surface area contributed by atoms with E-state index >= 15 is 0 Å². The first-order chi connectivity index (χ1) is 12.1. The molecule has 128 valence electrons. The van der Waals surface area contributed by atoms with Gasteiger partial charge in [-0.05, 0) is 26.2 Å². The van der Waals surface area contributed by atoms with Crippen LogP contribution in [-0.4, -0.2) is 31.5 Å². The Balaban J connectivity index is 1.66. The van der Waals surface area contributed by atoms with Crippen molar-refractivity contribution in [1.82, 2.24) is 10.2 Å². The van der Waals surface area contributed by atoms with Gasteiger partial charge in [0.1, 0.15) is 17.9 Å². The fourth-order valence-electron chi connectivity index (χ4n) is 3.26. The van der Waals surface area contributed by atoms with E-state index in [1.165, 1.54) is 0 Å². The fourth-order valence-corrected chi connectivity index (χ4v) is 3.26. The van der Waals surface area contributed by atoms with Gasteiger partial charge in [0.05, 0.1) is 6.04 Å². The molecule has 4 rings (SSSR count). The van der Waals surface area contributed by atoms with Gasteiger partial charge in [-0.15, -0.1) is 0 Å². The van der Waals surface area contributed by atoms with Crippen molar-refractivity contribution in [2.45, 2.75) is 12.6 Å². The van der Waals surface area contributed by atoms with Crippen molar-refractivity contribution in [2.75, 3.05) is 20.7 Å². The Morgan fingerprint density at radius 1 is 1.16 bits per heavy atom. The van der Waals surface area contributed by atoms with Gasteiger partial charge >= 0.3 is 0 Å². The average molecular weight is 336 g/mol. The van der Waals surface area contributed by atoms with Crippen LogP contribution in [-0.2, 0) is 6.54 Å². The number of benzene rings is 2. The third-order valence-electron chi connectivity index (χ3n) is 4.38. The van der Waals surface area contributed by atoms with E-state index in [4.69, 9.17) is 9.15 Å². The second kappa shape index (κ2) is 6.26. The van der Waals surface area contributed by atoms with Crippen LogP contribution in [0.1, 0.15) is 27.7 Å². The van der Waals surface area contributed by atoms with Gasteiger partial charge in [-0.3, -0.25) is 4.79 Å². The number of carbonyl (C=O) groups is 1. The minimum atomic E-state index is -0.210. The van der Waals surface area contributed by atoms with Crippen LogP contribution in [0.15, 0.2) is 52.9 Å². The van der Waals surface area contributed by atoms with Crippen LogP contribution in [0.3, 0.4) is 0 Å². The molecule has 1 aliphatic rings. The van der Waals surface area contributed by atoms with E-state index in [0.29, 0.717) is 18.9 Å². The first-order valence-electron chi connectivity index (χ1n) is 8.31. The number of hydrogen-bond acceptors (Lipinski definition) is 4. The first kappa shape index (κ1) is 15.7. The van der Waals surface area contributed by atoms with E-state index < -0.39 is 0 Å². The van der Waals surface area contributed by atoms with E-state index in [1.807, 2.05) is 67.5 Å². The first-order valence-corrected chi connectivity index (χ1v) is 8.31. The van der Waals surface area contributed by atoms with Crippen molar-refractivity contribution in [2.24, 2.45) is 0 Å². The summed E-state index contributed by atoms with van der Waals surface area (Å²) < 4.78 is 11.5. The predicted molar refractivity (Wildman–Crippen MR) is 95.7 cm³/mol. The maximum Gasteiger partial charge on any atom is 0.287 e. The minimum absolute atomic E-state index is 0.163. The molecule has 5 nitrogen and oxygen atoms in total. The van der Waals surface area contributed by atoms with Crippen LogP contribution in [0.5, 0.6) is 5.75 Å². The quantitative estimate of drug-likeness (QED) is 0.794. The van der Waals surface area contributed by atoms with Crippen LogP contribution >= 0.6 is 0 Å². The molecule has 0 saturated heterocycles. The second-order valence-corrected chi connectivity index (χ2v) is 6.52. The van der Waals surface area contributed by atoms with Crippen LogP contribution in [0, 0.1) is 0 Å². The summed E-state index contributed by atoms with van der Waals surface area (Å²) >= 11 is 0. The lowest BCUT2D eigenvalue weighted by Crippen LogP contribution is -2.30. The van der Waals surface area contributed by atoms with Gasteiger partial charge in [0, 0.05) is 23.1 Å². The molecule has 25 heavy (non-hydrogen) atoms. The van der Waals surface area contributed by atoms with Crippen LogP contribution in [0.4, 0.5) is 0 Å². The molecule has 5 heteroatoms. The van der Waals surface area contributed by atoms with Crippen molar-refractivity contribution in [3.63, 3.8) is 0 Å². The molecule has 0 aliphatic carbocycles. The number of furan rings is 1. The molecule has 2 aromatic carbocycles. The molecule has 3 aromatic rings. The monoisotopic (exact) mass is 336 g/mol. The number of amides is 1. The van der Waals surface area contributed by atoms with Gasteiger partial charge in [-0.25, -0.2) is 0 Å². The normalized spacial score (nSPS) is 16.0. The third kappa shape index (κ3) is 2.87. The summed E-state index contributed by atoms with van der Waals surface area (Å²) in [6.07, 6.45) is 0. The number of rotatable bonds is 4. The number of nitrogens with zero attached hydrogens (tertiary/aromatic N) is 1. The Hall–Kier alpha value is -2.79. The lowest BCUT2D eigenvalue weighted by Gasteiger charge is -2.13. The Morgan fingerprint density at radius 2 is 1.92 bits per heavy atom. The zero-order chi connectivity index (χ0) is 17.4. The third-order valence-corrected chi connectivity index (χ3v) is 4.38. The summed E-state index contributed by atoms with van der Waals surface area (Å²) in [5.41, 5.74) is 2.64. The van der Waals surface area contributed by atoms with Crippen LogP contribution in [0.25, 0.3) is 11.0 Å². The number of fused-ring (bicyclic) bond motifs is 2. The highest BCUT2D eigenvalue weighted by atomic mass is 16.5. The van der Waals surface area contributed by atoms with Crippen LogP contribution < -0.4 is 10.1 Å². The average Bonchev–Trinajstić information content (AvgIpc) is 3.17. The highest BCUT2D eigenvalue weighted by molar-refractivity contribution is 5.99. The molecule has 1 amide bonds. The number of ether oxygens (including phenoxy) is 1. The summed E-state index contributed by atoms with van der Waals surface area (Å²) in [5, 5.41) is 4.03. The smallest absolute Gasteiger partial charge is 0.287 e. The molecular weight excluding hydrogens is 316 g/mol. The highest BCUT2D eigenvalue weighted by Gasteiger charge is 2.28. The summed E-state index contributed by atoms with van der Waals surface area (Å²) in [6.45, 7) is 1.08. The van der Waals surface area contributed by atoms with Crippen LogP contribution in [0.2, 0.25) is 0 Å². The molecule has 1 atom stereocenters. The fraction of sp³-hybridized carbons (Fsp3) is 0.250. The minimum Gasteiger partial charge on any atom is -0.491 e. The Bertz CT molecular complexity index is 930. The topological polar surface area (TPSA) is 54.7 Å². The van der Waals surface area contributed by atoms with E-state index in [-0.39, 0.29) is 11.9 Å². The molecule has 1 aromatic heterocycles. The maximum absolute atomic E-state index is 12.9. The predicted octanol–water partition coefficient (Wildman–Crippen LogP) is 3.36. The van der Waals surface area contributed by atoms with E-state index in [1.54, 1.807) is 0 Å². The highest BCUT2D eigenvalue weighted by Crippen LogP contribution is 2.33. The molecule has 1 unspecified atom stereocenters. The molecule has 1 N–H and O–H groups in total. The van der Waals surface area contributed by atoms with Crippen molar-refractivity contribution < 1.29 is 13.9 Å². The van der Waals surface area contributed by atoms with Gasteiger partial charge in [-0.1, -0.05) is 36.4 Å².